The Kier molecular flexibility index (Phi) is 5.41. The van der Waals surface area contributed by atoms with Crippen molar-refractivity contribution in [3.05, 3.63) is 29.8 Å². The zero-order chi connectivity index (χ0) is 15.3. The lowest BCUT2D eigenvalue weighted by Crippen LogP contribution is -2.46. The van der Waals surface area contributed by atoms with E-state index in [2.05, 4.69) is 4.72 Å². The fourth-order valence-electron chi connectivity index (χ4n) is 1.68. The molecule has 0 saturated carbocycles. The predicted molar refractivity (Wildman–Crippen MR) is 72.8 cm³/mol. The van der Waals surface area contributed by atoms with Crippen LogP contribution in [-0.2, 0) is 19.6 Å². The van der Waals surface area contributed by atoms with Gasteiger partial charge in [0.2, 0.25) is 10.0 Å². The minimum atomic E-state index is -3.98. The summed E-state index contributed by atoms with van der Waals surface area (Å²) in [5.74, 6) is -2.28. The van der Waals surface area contributed by atoms with E-state index in [0.717, 1.165) is 5.56 Å². The molecule has 0 amide bonds. The van der Waals surface area contributed by atoms with Crippen LogP contribution in [0.3, 0.4) is 0 Å². The summed E-state index contributed by atoms with van der Waals surface area (Å²) in [5, 5.41) is 9.07. The first kappa shape index (κ1) is 16.3. The second kappa shape index (κ2) is 6.62. The second-order valence-corrected chi connectivity index (χ2v) is 6.17. The number of carbonyl (C=O) groups excluding carboxylic acids is 1. The van der Waals surface area contributed by atoms with Crippen LogP contribution in [0.5, 0.6) is 0 Å². The van der Waals surface area contributed by atoms with Crippen LogP contribution in [0.15, 0.2) is 29.2 Å². The van der Waals surface area contributed by atoms with E-state index in [1.165, 1.54) is 12.1 Å². The number of rotatable bonds is 7. The van der Waals surface area contributed by atoms with Crippen molar-refractivity contribution in [2.75, 3.05) is 0 Å². The Morgan fingerprint density at radius 1 is 1.35 bits per heavy atom. The molecule has 0 aliphatic heterocycles. The van der Waals surface area contributed by atoms with Crippen molar-refractivity contribution in [3.63, 3.8) is 0 Å². The van der Waals surface area contributed by atoms with E-state index in [-0.39, 0.29) is 11.3 Å². The van der Waals surface area contributed by atoms with Gasteiger partial charge in [0, 0.05) is 5.92 Å². The van der Waals surface area contributed by atoms with Crippen LogP contribution in [0, 0.1) is 12.8 Å². The molecule has 0 bridgehead atoms. The maximum absolute atomic E-state index is 12.1. The van der Waals surface area contributed by atoms with Gasteiger partial charge in [-0.2, -0.15) is 4.72 Å². The molecule has 0 aliphatic rings. The standard InChI is InChI=1S/C13H17NO5S/c1-3-10(8-15)12(13(16)17)14-20(18,19)11-6-4-9(2)5-7-11/h4-8,10,12,14H,3H2,1-2H3,(H,16,17)/t10-,12+/m1/s1. The quantitative estimate of drug-likeness (QED) is 0.730. The number of aldehydes is 1. The molecule has 0 spiro atoms. The largest absolute Gasteiger partial charge is 0.480 e. The first-order valence-electron chi connectivity index (χ1n) is 6.09. The van der Waals surface area contributed by atoms with Gasteiger partial charge in [-0.05, 0) is 25.5 Å². The van der Waals surface area contributed by atoms with Crippen LogP contribution in [-0.4, -0.2) is 31.8 Å². The van der Waals surface area contributed by atoms with Gasteiger partial charge in [-0.25, -0.2) is 8.42 Å². The molecule has 1 aromatic rings. The van der Waals surface area contributed by atoms with Crippen LogP contribution in [0.4, 0.5) is 0 Å². The van der Waals surface area contributed by atoms with Crippen molar-refractivity contribution in [2.24, 2.45) is 5.92 Å². The molecule has 0 heterocycles. The summed E-state index contributed by atoms with van der Waals surface area (Å²) in [5.41, 5.74) is 0.887. The maximum atomic E-state index is 12.1. The number of hydrogen-bond donors (Lipinski definition) is 2. The van der Waals surface area contributed by atoms with E-state index in [0.29, 0.717) is 6.29 Å². The Balaban J connectivity index is 3.06. The van der Waals surface area contributed by atoms with E-state index in [9.17, 15) is 18.0 Å². The molecule has 0 aromatic heterocycles. The fraction of sp³-hybridized carbons (Fsp3) is 0.385. The highest BCUT2D eigenvalue weighted by Gasteiger charge is 2.31. The highest BCUT2D eigenvalue weighted by Crippen LogP contribution is 2.14. The van der Waals surface area contributed by atoms with Gasteiger partial charge >= 0.3 is 5.97 Å². The first-order valence-corrected chi connectivity index (χ1v) is 7.57. The second-order valence-electron chi connectivity index (χ2n) is 4.46. The van der Waals surface area contributed by atoms with Crippen LogP contribution in [0.25, 0.3) is 0 Å². The number of benzene rings is 1. The van der Waals surface area contributed by atoms with Crippen molar-refractivity contribution in [3.8, 4) is 0 Å². The molecule has 0 saturated heterocycles. The topological polar surface area (TPSA) is 101 Å². The molecule has 1 rings (SSSR count). The number of aryl methyl sites for hydroxylation is 1. The smallest absolute Gasteiger partial charge is 0.322 e. The zero-order valence-corrected chi connectivity index (χ0v) is 12.1. The summed E-state index contributed by atoms with van der Waals surface area (Å²) in [7, 11) is -3.98. The molecule has 0 unspecified atom stereocenters. The molecule has 0 fully saturated rings. The number of carbonyl (C=O) groups is 2. The predicted octanol–water partition coefficient (Wildman–Crippen LogP) is 0.952. The number of nitrogens with one attached hydrogen (secondary N) is 1. The third-order valence-corrected chi connectivity index (χ3v) is 4.41. The SMILES string of the molecule is CC[C@H](C=O)[C@H](NS(=O)(=O)c1ccc(C)cc1)C(=O)O. The lowest BCUT2D eigenvalue weighted by Gasteiger charge is -2.19. The van der Waals surface area contributed by atoms with Gasteiger partial charge in [0.05, 0.1) is 4.90 Å². The number of aliphatic carboxylic acids is 1. The molecule has 110 valence electrons. The Morgan fingerprint density at radius 2 is 1.90 bits per heavy atom. The van der Waals surface area contributed by atoms with Crippen molar-refractivity contribution in [1.29, 1.82) is 0 Å². The van der Waals surface area contributed by atoms with Crippen LogP contribution in [0.1, 0.15) is 18.9 Å². The summed E-state index contributed by atoms with van der Waals surface area (Å²) in [6.45, 7) is 3.43. The third kappa shape index (κ3) is 3.88. The van der Waals surface area contributed by atoms with Crippen molar-refractivity contribution in [1.82, 2.24) is 4.72 Å². The molecule has 7 heteroatoms. The average molecular weight is 299 g/mol. The van der Waals surface area contributed by atoms with Crippen LogP contribution in [0.2, 0.25) is 0 Å². The fourth-order valence-corrected chi connectivity index (χ4v) is 2.92. The van der Waals surface area contributed by atoms with E-state index >= 15 is 0 Å². The lowest BCUT2D eigenvalue weighted by molar-refractivity contribution is -0.141. The summed E-state index contributed by atoms with van der Waals surface area (Å²) in [6.07, 6.45) is 0.688. The average Bonchev–Trinajstić information content (AvgIpc) is 2.39. The Morgan fingerprint density at radius 3 is 2.30 bits per heavy atom. The summed E-state index contributed by atoms with van der Waals surface area (Å²) in [4.78, 5) is 22.0. The van der Waals surface area contributed by atoms with Gasteiger partial charge in [0.1, 0.15) is 12.3 Å². The van der Waals surface area contributed by atoms with Gasteiger partial charge in [0.15, 0.2) is 0 Å². The lowest BCUT2D eigenvalue weighted by atomic mass is 10.00. The minimum absolute atomic E-state index is 0.0323. The van der Waals surface area contributed by atoms with E-state index in [4.69, 9.17) is 5.11 Å². The molecule has 6 nitrogen and oxygen atoms in total. The van der Waals surface area contributed by atoms with Gasteiger partial charge in [-0.15, -0.1) is 0 Å². The highest BCUT2D eigenvalue weighted by atomic mass is 32.2. The van der Waals surface area contributed by atoms with Crippen molar-refractivity contribution in [2.45, 2.75) is 31.2 Å². The van der Waals surface area contributed by atoms with Gasteiger partial charge in [-0.1, -0.05) is 24.6 Å². The molecule has 0 radical (unpaired) electrons. The molecular weight excluding hydrogens is 282 g/mol. The normalized spacial score (nSPS) is 14.5. The minimum Gasteiger partial charge on any atom is -0.480 e. The number of carboxylic acids is 1. The Hall–Kier alpha value is -1.73. The van der Waals surface area contributed by atoms with E-state index in [1.54, 1.807) is 19.1 Å². The number of hydrogen-bond acceptors (Lipinski definition) is 4. The van der Waals surface area contributed by atoms with Gasteiger partial charge < -0.3 is 9.90 Å². The zero-order valence-electron chi connectivity index (χ0n) is 11.2. The molecular formula is C13H17NO5S. The molecule has 0 aliphatic carbocycles. The van der Waals surface area contributed by atoms with Crippen molar-refractivity contribution < 1.29 is 23.1 Å². The van der Waals surface area contributed by atoms with E-state index in [1.807, 2.05) is 6.92 Å². The van der Waals surface area contributed by atoms with Crippen molar-refractivity contribution >= 4 is 22.3 Å². The van der Waals surface area contributed by atoms with Crippen LogP contribution < -0.4 is 4.72 Å². The summed E-state index contributed by atoms with van der Waals surface area (Å²) < 4.78 is 26.3. The maximum Gasteiger partial charge on any atom is 0.322 e. The summed E-state index contributed by atoms with van der Waals surface area (Å²) >= 11 is 0. The Bertz CT molecular complexity index is 579. The van der Waals surface area contributed by atoms with Gasteiger partial charge in [0.25, 0.3) is 0 Å². The highest BCUT2D eigenvalue weighted by molar-refractivity contribution is 7.89. The van der Waals surface area contributed by atoms with E-state index < -0.39 is 28.0 Å². The summed E-state index contributed by atoms with van der Waals surface area (Å²) in [6, 6.07) is 4.53. The first-order chi connectivity index (χ1) is 9.31. The monoisotopic (exact) mass is 299 g/mol. The molecule has 20 heavy (non-hydrogen) atoms. The van der Waals surface area contributed by atoms with Crippen LogP contribution >= 0.6 is 0 Å². The number of sulfonamides is 1. The third-order valence-electron chi connectivity index (χ3n) is 2.95. The number of carboxylic acid groups (broad SMARTS) is 1. The van der Waals surface area contributed by atoms with Gasteiger partial charge in [-0.3, -0.25) is 4.79 Å². The molecule has 2 atom stereocenters. The molecule has 2 N–H and O–H groups in total. The Labute approximate surface area is 117 Å². The molecule has 1 aromatic carbocycles.